The third-order valence-electron chi connectivity index (χ3n) is 5.30. The van der Waals surface area contributed by atoms with Gasteiger partial charge in [-0.1, -0.05) is 0 Å². The van der Waals surface area contributed by atoms with Crippen molar-refractivity contribution in [2.75, 3.05) is 11.4 Å². The summed E-state index contributed by atoms with van der Waals surface area (Å²) in [5, 5.41) is 4.65. The first kappa shape index (κ1) is 12.6. The number of nitrogens with zero attached hydrogens (tertiary/aromatic N) is 3. The highest BCUT2D eigenvalue weighted by atomic mass is 16.2. The highest BCUT2D eigenvalue weighted by Gasteiger charge is 2.53. The average molecular weight is 296 g/mol. The summed E-state index contributed by atoms with van der Waals surface area (Å²) in [6, 6.07) is 6.34. The number of nitrogens with two attached hydrogens (primary N) is 1. The lowest BCUT2D eigenvalue weighted by Gasteiger charge is -2.20. The second-order valence-electron chi connectivity index (χ2n) is 7.17. The molecular weight excluding hydrogens is 276 g/mol. The van der Waals surface area contributed by atoms with Crippen LogP contribution in [-0.4, -0.2) is 22.1 Å². The van der Waals surface area contributed by atoms with Gasteiger partial charge in [0.25, 0.3) is 0 Å². The molecule has 114 valence electrons. The van der Waals surface area contributed by atoms with Gasteiger partial charge in [-0.05, 0) is 61.8 Å². The molecule has 0 radical (unpaired) electrons. The molecule has 22 heavy (non-hydrogen) atoms. The number of amides is 1. The van der Waals surface area contributed by atoms with E-state index in [0.29, 0.717) is 11.8 Å². The van der Waals surface area contributed by atoms with E-state index in [1.807, 2.05) is 16.3 Å². The first-order valence-electron chi connectivity index (χ1n) is 8.22. The Hall–Kier alpha value is -1.88. The Balaban J connectivity index is 1.68. The average Bonchev–Trinajstić information content (AvgIpc) is 3.39. The molecule has 1 amide bonds. The van der Waals surface area contributed by atoms with Crippen LogP contribution in [0.25, 0.3) is 5.52 Å². The second-order valence-corrected chi connectivity index (χ2v) is 7.17. The van der Waals surface area contributed by atoms with Crippen LogP contribution in [0.5, 0.6) is 0 Å². The molecule has 1 saturated heterocycles. The maximum atomic E-state index is 12.5. The van der Waals surface area contributed by atoms with E-state index in [1.165, 1.54) is 18.4 Å². The third kappa shape index (κ3) is 1.75. The standard InChI is InChI=1S/C17H20N4O/c1-9(18)15-7-13-4-11(10-2-3-10)6-16(21(13)19-15)20-8-12-5-14(12)17(20)22/h4,6-7,9-10,12,14H,2-3,5,8,18H2,1H3/t9-,12?,14?/m1/s1. The zero-order valence-electron chi connectivity index (χ0n) is 12.7. The molecule has 2 aromatic rings. The van der Waals surface area contributed by atoms with Crippen molar-refractivity contribution in [3.63, 3.8) is 0 Å². The van der Waals surface area contributed by atoms with E-state index in [1.54, 1.807) is 0 Å². The van der Waals surface area contributed by atoms with Crippen LogP contribution in [0.1, 0.15) is 49.4 Å². The van der Waals surface area contributed by atoms with Gasteiger partial charge in [0.15, 0.2) is 0 Å². The Kier molecular flexibility index (Phi) is 2.36. The topological polar surface area (TPSA) is 63.6 Å². The minimum absolute atomic E-state index is 0.0974. The first-order chi connectivity index (χ1) is 10.6. The molecule has 5 heteroatoms. The van der Waals surface area contributed by atoms with Crippen LogP contribution < -0.4 is 10.6 Å². The van der Waals surface area contributed by atoms with E-state index in [-0.39, 0.29) is 17.9 Å². The lowest BCUT2D eigenvalue weighted by atomic mass is 10.1. The van der Waals surface area contributed by atoms with E-state index < -0.39 is 0 Å². The number of aromatic nitrogens is 2. The number of pyridine rings is 1. The van der Waals surface area contributed by atoms with Crippen LogP contribution in [0.2, 0.25) is 0 Å². The van der Waals surface area contributed by atoms with Crippen LogP contribution in [0, 0.1) is 11.8 Å². The predicted molar refractivity (Wildman–Crippen MR) is 83.7 cm³/mol. The summed E-state index contributed by atoms with van der Waals surface area (Å²) in [6.07, 6.45) is 3.58. The summed E-state index contributed by atoms with van der Waals surface area (Å²) in [7, 11) is 0. The highest BCUT2D eigenvalue weighted by Crippen LogP contribution is 2.48. The maximum Gasteiger partial charge on any atom is 0.231 e. The van der Waals surface area contributed by atoms with Crippen molar-refractivity contribution >= 4 is 17.2 Å². The molecular formula is C17H20N4O. The molecule has 0 bridgehead atoms. The fourth-order valence-electron chi connectivity index (χ4n) is 3.67. The van der Waals surface area contributed by atoms with Crippen LogP contribution in [0.4, 0.5) is 5.82 Å². The number of piperidine rings is 1. The Labute approximate surface area is 129 Å². The monoisotopic (exact) mass is 296 g/mol. The zero-order chi connectivity index (χ0) is 15.0. The van der Waals surface area contributed by atoms with E-state index >= 15 is 0 Å². The number of rotatable bonds is 3. The molecule has 0 aromatic carbocycles. The van der Waals surface area contributed by atoms with E-state index in [4.69, 9.17) is 5.73 Å². The number of hydrogen-bond acceptors (Lipinski definition) is 3. The lowest BCUT2D eigenvalue weighted by Crippen LogP contribution is -2.30. The third-order valence-corrected chi connectivity index (χ3v) is 5.30. The van der Waals surface area contributed by atoms with Crippen molar-refractivity contribution in [2.24, 2.45) is 17.6 Å². The Morgan fingerprint density at radius 3 is 2.77 bits per heavy atom. The van der Waals surface area contributed by atoms with Crippen molar-refractivity contribution in [1.82, 2.24) is 9.61 Å². The molecule has 0 spiro atoms. The molecule has 2 aromatic heterocycles. The summed E-state index contributed by atoms with van der Waals surface area (Å²) < 4.78 is 1.91. The first-order valence-corrected chi connectivity index (χ1v) is 8.22. The second kappa shape index (κ2) is 4.10. The van der Waals surface area contributed by atoms with E-state index in [0.717, 1.165) is 30.0 Å². The Bertz CT molecular complexity index is 789. The molecule has 5 nitrogen and oxygen atoms in total. The fourth-order valence-corrected chi connectivity index (χ4v) is 3.67. The van der Waals surface area contributed by atoms with Gasteiger partial charge in [-0.25, -0.2) is 4.52 Å². The number of fused-ring (bicyclic) bond motifs is 2. The number of anilines is 1. The molecule has 3 heterocycles. The van der Waals surface area contributed by atoms with Gasteiger partial charge in [-0.3, -0.25) is 9.69 Å². The van der Waals surface area contributed by atoms with Gasteiger partial charge in [0.1, 0.15) is 5.82 Å². The summed E-state index contributed by atoms with van der Waals surface area (Å²) in [5.41, 5.74) is 9.27. The predicted octanol–water partition coefficient (Wildman–Crippen LogP) is 2.21. The number of carbonyl (C=O) groups is 1. The molecule has 3 aliphatic rings. The van der Waals surface area contributed by atoms with Crippen molar-refractivity contribution in [3.8, 4) is 0 Å². The molecule has 2 aliphatic carbocycles. The minimum Gasteiger partial charge on any atom is -0.323 e. The lowest BCUT2D eigenvalue weighted by molar-refractivity contribution is -0.118. The summed E-state index contributed by atoms with van der Waals surface area (Å²) in [6.45, 7) is 2.79. The van der Waals surface area contributed by atoms with Crippen molar-refractivity contribution in [2.45, 2.75) is 38.1 Å². The molecule has 2 unspecified atom stereocenters. The largest absolute Gasteiger partial charge is 0.323 e. The van der Waals surface area contributed by atoms with Crippen LogP contribution in [-0.2, 0) is 4.79 Å². The van der Waals surface area contributed by atoms with Gasteiger partial charge in [0.2, 0.25) is 5.91 Å². The maximum absolute atomic E-state index is 12.5. The van der Waals surface area contributed by atoms with Gasteiger partial charge >= 0.3 is 0 Å². The molecule has 2 N–H and O–H groups in total. The quantitative estimate of drug-likeness (QED) is 0.944. The highest BCUT2D eigenvalue weighted by molar-refractivity contribution is 5.99. The van der Waals surface area contributed by atoms with Gasteiger partial charge < -0.3 is 5.73 Å². The fraction of sp³-hybridized carbons (Fsp3) is 0.529. The molecule has 2 saturated carbocycles. The van der Waals surface area contributed by atoms with Gasteiger partial charge in [0, 0.05) is 18.5 Å². The van der Waals surface area contributed by atoms with Crippen LogP contribution >= 0.6 is 0 Å². The number of hydrogen-bond donors (Lipinski definition) is 1. The van der Waals surface area contributed by atoms with Gasteiger partial charge in [-0.15, -0.1) is 0 Å². The molecule has 5 rings (SSSR count). The van der Waals surface area contributed by atoms with Gasteiger partial charge in [0.05, 0.1) is 11.2 Å². The summed E-state index contributed by atoms with van der Waals surface area (Å²) in [4.78, 5) is 14.4. The minimum atomic E-state index is -0.0974. The zero-order valence-corrected chi connectivity index (χ0v) is 12.7. The molecule has 3 fully saturated rings. The summed E-state index contributed by atoms with van der Waals surface area (Å²) >= 11 is 0. The normalized spacial score (nSPS) is 28.3. The van der Waals surface area contributed by atoms with Crippen molar-refractivity contribution in [1.29, 1.82) is 0 Å². The van der Waals surface area contributed by atoms with Crippen molar-refractivity contribution < 1.29 is 4.79 Å². The Morgan fingerprint density at radius 1 is 1.32 bits per heavy atom. The Morgan fingerprint density at radius 2 is 2.14 bits per heavy atom. The van der Waals surface area contributed by atoms with E-state index in [2.05, 4.69) is 23.3 Å². The van der Waals surface area contributed by atoms with Crippen LogP contribution in [0.3, 0.4) is 0 Å². The van der Waals surface area contributed by atoms with Crippen molar-refractivity contribution in [3.05, 3.63) is 29.5 Å². The molecule has 1 aliphatic heterocycles. The SMILES string of the molecule is C[C@@H](N)c1cc2cc(C3CC3)cc(N3CC4CC4C3=O)n2n1. The van der Waals surface area contributed by atoms with Gasteiger partial charge in [-0.2, -0.15) is 5.10 Å². The smallest absolute Gasteiger partial charge is 0.231 e. The number of carbonyl (C=O) groups excluding carboxylic acids is 1. The van der Waals surface area contributed by atoms with Crippen LogP contribution in [0.15, 0.2) is 18.2 Å². The van der Waals surface area contributed by atoms with E-state index in [9.17, 15) is 4.79 Å². The summed E-state index contributed by atoms with van der Waals surface area (Å²) in [5.74, 6) is 2.70. The molecule has 3 atom stereocenters.